The van der Waals surface area contributed by atoms with Crippen molar-refractivity contribution in [2.75, 3.05) is 50.4 Å². The van der Waals surface area contributed by atoms with E-state index in [9.17, 15) is 21.6 Å². The molecule has 2 aliphatic heterocycles. The van der Waals surface area contributed by atoms with Crippen molar-refractivity contribution in [3.05, 3.63) is 59.1 Å². The molecule has 2 aliphatic rings. The predicted octanol–water partition coefficient (Wildman–Crippen LogP) is 4.87. The van der Waals surface area contributed by atoms with Gasteiger partial charge in [0.1, 0.15) is 0 Å². The molecule has 0 bridgehead atoms. The van der Waals surface area contributed by atoms with E-state index in [2.05, 4.69) is 4.90 Å². The summed E-state index contributed by atoms with van der Waals surface area (Å²) < 4.78 is 50.1. The number of sulfone groups is 1. The molecular formula is C31H44ClN3O5S2. The Bertz CT molecular complexity index is 1410. The lowest BCUT2D eigenvalue weighted by Crippen LogP contribution is -2.45. The highest BCUT2D eigenvalue weighted by molar-refractivity contribution is 7.92. The van der Waals surface area contributed by atoms with Gasteiger partial charge in [0.05, 0.1) is 16.4 Å². The lowest BCUT2D eigenvalue weighted by molar-refractivity contribution is -0.123. The Balaban J connectivity index is 1.28. The monoisotopic (exact) mass is 637 g/mol. The van der Waals surface area contributed by atoms with Gasteiger partial charge in [0, 0.05) is 36.3 Å². The number of halogens is 1. The molecule has 0 atom stereocenters. The van der Waals surface area contributed by atoms with E-state index in [0.717, 1.165) is 51.0 Å². The van der Waals surface area contributed by atoms with Crippen molar-refractivity contribution in [3.8, 4) is 0 Å². The average Bonchev–Trinajstić information content (AvgIpc) is 2.96. The van der Waals surface area contributed by atoms with Crippen molar-refractivity contribution in [1.29, 1.82) is 0 Å². The van der Waals surface area contributed by atoms with Crippen LogP contribution >= 0.6 is 11.6 Å². The van der Waals surface area contributed by atoms with Gasteiger partial charge < -0.3 is 9.80 Å². The third-order valence-electron chi connectivity index (χ3n) is 8.62. The van der Waals surface area contributed by atoms with Crippen LogP contribution in [0.15, 0.2) is 53.4 Å². The summed E-state index contributed by atoms with van der Waals surface area (Å²) in [6, 6.07) is 14.8. The number of carbonyl (C=O) groups excluding carboxylic acids is 1. The number of piperidine rings is 2. The fourth-order valence-electron chi connectivity index (χ4n) is 5.95. The number of rotatable bonds is 11. The zero-order chi connectivity index (χ0) is 30.5. The summed E-state index contributed by atoms with van der Waals surface area (Å²) >= 11 is 6.27. The number of anilines is 1. The fraction of sp³-hybridized carbons (Fsp3) is 0.581. The summed E-state index contributed by atoms with van der Waals surface area (Å²) in [6.07, 6.45) is 6.21. The first-order valence-corrected chi connectivity index (χ1v) is 18.7. The second-order valence-electron chi connectivity index (χ2n) is 12.0. The molecule has 2 heterocycles. The first kappa shape index (κ1) is 32.9. The maximum atomic E-state index is 13.6. The molecule has 2 aromatic rings. The van der Waals surface area contributed by atoms with Crippen LogP contribution in [0.1, 0.15) is 51.5 Å². The normalized spacial score (nSPS) is 18.4. The van der Waals surface area contributed by atoms with E-state index >= 15 is 0 Å². The van der Waals surface area contributed by atoms with Crippen LogP contribution in [0.3, 0.4) is 0 Å². The number of nitrogens with zero attached hydrogens (tertiary/aromatic N) is 3. The molecule has 42 heavy (non-hydrogen) atoms. The van der Waals surface area contributed by atoms with Crippen molar-refractivity contribution in [2.45, 2.75) is 62.5 Å². The van der Waals surface area contributed by atoms with Gasteiger partial charge in [-0.1, -0.05) is 29.8 Å². The maximum absolute atomic E-state index is 13.6. The lowest BCUT2D eigenvalue weighted by atomic mass is 9.90. The van der Waals surface area contributed by atoms with E-state index in [1.807, 2.05) is 35.2 Å². The van der Waals surface area contributed by atoms with Crippen molar-refractivity contribution in [1.82, 2.24) is 9.21 Å². The second kappa shape index (κ2) is 14.2. The molecule has 0 N–H and O–H groups in total. The largest absolute Gasteiger partial charge is 0.312 e. The van der Waals surface area contributed by atoms with Crippen molar-refractivity contribution in [3.63, 3.8) is 0 Å². The van der Waals surface area contributed by atoms with E-state index in [1.165, 1.54) is 16.1 Å². The first-order valence-electron chi connectivity index (χ1n) is 14.9. The van der Waals surface area contributed by atoms with E-state index < -0.39 is 25.1 Å². The van der Waals surface area contributed by atoms with Gasteiger partial charge in [0.2, 0.25) is 15.9 Å². The van der Waals surface area contributed by atoms with Crippen LogP contribution in [0.4, 0.5) is 5.69 Å². The van der Waals surface area contributed by atoms with Crippen LogP contribution in [-0.4, -0.2) is 82.7 Å². The summed E-state index contributed by atoms with van der Waals surface area (Å²) in [5.41, 5.74) is 1.96. The van der Waals surface area contributed by atoms with Gasteiger partial charge in [-0.15, -0.1) is 0 Å². The Hall–Kier alpha value is -1.98. The number of benzene rings is 2. The molecule has 8 nitrogen and oxygen atoms in total. The minimum Gasteiger partial charge on any atom is -0.312 e. The molecule has 0 aliphatic carbocycles. The molecule has 1 amide bonds. The quantitative estimate of drug-likeness (QED) is 0.349. The molecule has 0 aromatic heterocycles. The zero-order valence-corrected chi connectivity index (χ0v) is 27.3. The smallest absolute Gasteiger partial charge is 0.230 e. The number of hydrogen-bond donors (Lipinski definition) is 0. The Morgan fingerprint density at radius 1 is 0.952 bits per heavy atom. The number of sulfonamides is 1. The van der Waals surface area contributed by atoms with Crippen LogP contribution in [0, 0.1) is 11.8 Å². The molecule has 232 valence electrons. The predicted molar refractivity (Wildman–Crippen MR) is 169 cm³/mol. The number of likely N-dealkylation sites (tertiary alicyclic amines) is 1. The van der Waals surface area contributed by atoms with Crippen LogP contribution in [0.2, 0.25) is 5.02 Å². The van der Waals surface area contributed by atoms with Gasteiger partial charge in [-0.2, -0.15) is 0 Å². The number of carbonyl (C=O) groups is 1. The minimum atomic E-state index is -3.25. The second-order valence-corrected chi connectivity index (χ2v) is 16.9. The lowest BCUT2D eigenvalue weighted by Gasteiger charge is -2.34. The van der Waals surface area contributed by atoms with Gasteiger partial charge >= 0.3 is 0 Å². The van der Waals surface area contributed by atoms with Crippen molar-refractivity contribution >= 4 is 43.1 Å². The molecule has 2 saturated heterocycles. The standard InChI is InChI=1S/C31H44ClN3O5S2/c1-24(2)42(39,40)30-10-8-25(9-11-30)22-26-12-18-33(19-13-26)16-5-17-35(29-7-4-6-28(32)23-29)31(36)27-14-20-34(21-15-27)41(3,37)38/h4,6-11,23-24,26-27H,5,12-22H2,1-3H3. The number of hydrogen-bond acceptors (Lipinski definition) is 6. The summed E-state index contributed by atoms with van der Waals surface area (Å²) in [5.74, 6) is 0.393. The SMILES string of the molecule is CC(C)S(=O)(=O)c1ccc(CC2CCN(CCCN(C(=O)C3CCN(S(C)(=O)=O)CC3)c3cccc(Cl)c3)CC2)cc1. The number of amides is 1. The Labute approximate surface area is 257 Å². The van der Waals surface area contributed by atoms with Crippen LogP contribution in [-0.2, 0) is 31.1 Å². The average molecular weight is 638 g/mol. The Kier molecular flexibility index (Phi) is 11.1. The molecule has 0 radical (unpaired) electrons. The molecule has 0 spiro atoms. The zero-order valence-electron chi connectivity index (χ0n) is 24.9. The highest BCUT2D eigenvalue weighted by Gasteiger charge is 2.32. The van der Waals surface area contributed by atoms with Crippen LogP contribution in [0.5, 0.6) is 0 Å². The molecular weight excluding hydrogens is 594 g/mol. The molecule has 2 aromatic carbocycles. The third kappa shape index (κ3) is 8.56. The van der Waals surface area contributed by atoms with E-state index in [4.69, 9.17) is 11.6 Å². The van der Waals surface area contributed by atoms with Crippen LogP contribution < -0.4 is 4.90 Å². The van der Waals surface area contributed by atoms with Crippen molar-refractivity contribution in [2.24, 2.45) is 11.8 Å². The van der Waals surface area contributed by atoms with E-state index in [-0.39, 0.29) is 11.8 Å². The summed E-state index contributed by atoms with van der Waals surface area (Å²) in [4.78, 5) is 18.3. The highest BCUT2D eigenvalue weighted by atomic mass is 35.5. The van der Waals surface area contributed by atoms with E-state index in [0.29, 0.717) is 48.3 Å². The molecule has 0 unspecified atom stereocenters. The highest BCUT2D eigenvalue weighted by Crippen LogP contribution is 2.28. The van der Waals surface area contributed by atoms with Crippen LogP contribution in [0.25, 0.3) is 0 Å². The fourth-order valence-corrected chi connectivity index (χ4v) is 8.07. The Morgan fingerprint density at radius 2 is 1.60 bits per heavy atom. The van der Waals surface area contributed by atoms with Crippen molar-refractivity contribution < 1.29 is 21.6 Å². The van der Waals surface area contributed by atoms with E-state index in [1.54, 1.807) is 32.0 Å². The van der Waals surface area contributed by atoms with Gasteiger partial charge in [-0.05, 0) is 114 Å². The molecule has 11 heteroatoms. The molecule has 2 fully saturated rings. The maximum Gasteiger partial charge on any atom is 0.230 e. The molecule has 0 saturated carbocycles. The molecule has 4 rings (SSSR count). The van der Waals surface area contributed by atoms with Gasteiger partial charge in [-0.25, -0.2) is 21.1 Å². The summed E-state index contributed by atoms with van der Waals surface area (Å²) in [6.45, 7) is 7.62. The minimum absolute atomic E-state index is 0.0383. The summed E-state index contributed by atoms with van der Waals surface area (Å²) in [7, 11) is -6.50. The third-order valence-corrected chi connectivity index (χ3v) is 12.3. The summed E-state index contributed by atoms with van der Waals surface area (Å²) in [5, 5.41) is 0.152. The first-order chi connectivity index (χ1) is 19.8. The van der Waals surface area contributed by atoms with Gasteiger partial charge in [0.25, 0.3) is 0 Å². The van der Waals surface area contributed by atoms with Gasteiger partial charge in [0.15, 0.2) is 9.84 Å². The van der Waals surface area contributed by atoms with Gasteiger partial charge in [-0.3, -0.25) is 4.79 Å². The topological polar surface area (TPSA) is 95.1 Å². The Morgan fingerprint density at radius 3 is 2.17 bits per heavy atom.